The number of nitrogens with zero attached hydrogens (tertiary/aromatic N) is 1. The fourth-order valence-electron chi connectivity index (χ4n) is 2.60. The Balaban J connectivity index is 2.37. The molecule has 22 heavy (non-hydrogen) atoms. The van der Waals surface area contributed by atoms with Crippen molar-refractivity contribution < 1.29 is 28.6 Å². The first-order valence-corrected chi connectivity index (χ1v) is 6.95. The van der Waals surface area contributed by atoms with Gasteiger partial charge in [-0.1, -0.05) is 0 Å². The van der Waals surface area contributed by atoms with Crippen LogP contribution in [0.4, 0.5) is 4.39 Å². The van der Waals surface area contributed by atoms with E-state index >= 15 is 0 Å². The van der Waals surface area contributed by atoms with Gasteiger partial charge in [0.25, 0.3) is 5.91 Å². The Morgan fingerprint density at radius 3 is 2.45 bits per heavy atom. The molecule has 1 aliphatic heterocycles. The van der Waals surface area contributed by atoms with Gasteiger partial charge in [0.2, 0.25) is 0 Å². The molecule has 1 saturated heterocycles. The Labute approximate surface area is 127 Å². The number of rotatable bonds is 4. The third-order valence-corrected chi connectivity index (χ3v) is 3.75. The summed E-state index contributed by atoms with van der Waals surface area (Å²) in [6.45, 7) is 0.295. The lowest BCUT2D eigenvalue weighted by Gasteiger charge is -2.33. The van der Waals surface area contributed by atoms with Crippen LogP contribution in [0.2, 0.25) is 0 Å². The van der Waals surface area contributed by atoms with Gasteiger partial charge in [-0.25, -0.2) is 9.18 Å². The van der Waals surface area contributed by atoms with E-state index in [1.54, 1.807) is 0 Å². The first-order chi connectivity index (χ1) is 10.5. The number of hydrogen-bond donors (Lipinski definition) is 1. The van der Waals surface area contributed by atoms with E-state index in [2.05, 4.69) is 0 Å². The predicted octanol–water partition coefficient (Wildman–Crippen LogP) is 1.92. The summed E-state index contributed by atoms with van der Waals surface area (Å²) in [7, 11) is 2.74. The van der Waals surface area contributed by atoms with Crippen LogP contribution < -0.4 is 9.47 Å². The zero-order chi connectivity index (χ0) is 16.3. The third kappa shape index (κ3) is 2.98. The first kappa shape index (κ1) is 16.1. The minimum Gasteiger partial charge on any atom is -0.493 e. The molecule has 0 radical (unpaired) electrons. The summed E-state index contributed by atoms with van der Waals surface area (Å²) in [4.78, 5) is 25.0. The van der Waals surface area contributed by atoms with Crippen molar-refractivity contribution in [3.05, 3.63) is 23.5 Å². The number of piperidine rings is 1. The maximum Gasteiger partial charge on any atom is 0.326 e. The summed E-state index contributed by atoms with van der Waals surface area (Å²) in [5, 5.41) is 9.22. The number of ether oxygens (including phenoxy) is 2. The van der Waals surface area contributed by atoms with Gasteiger partial charge < -0.3 is 19.5 Å². The largest absolute Gasteiger partial charge is 0.493 e. The average molecular weight is 311 g/mol. The molecule has 0 aromatic heterocycles. The molecule has 0 saturated carbocycles. The highest BCUT2D eigenvalue weighted by molar-refractivity contribution is 5.97. The minimum absolute atomic E-state index is 0.171. The second-order valence-corrected chi connectivity index (χ2v) is 5.04. The van der Waals surface area contributed by atoms with Crippen LogP contribution in [-0.2, 0) is 4.79 Å². The van der Waals surface area contributed by atoms with Crippen LogP contribution >= 0.6 is 0 Å². The number of methoxy groups -OCH3 is 2. The molecule has 1 aromatic carbocycles. The van der Waals surface area contributed by atoms with Gasteiger partial charge in [0, 0.05) is 12.6 Å². The normalized spacial score (nSPS) is 18.0. The Hall–Kier alpha value is -2.31. The number of carbonyl (C=O) groups excluding carboxylic acids is 1. The summed E-state index contributed by atoms with van der Waals surface area (Å²) < 4.78 is 24.2. The predicted molar refractivity (Wildman–Crippen MR) is 75.8 cm³/mol. The topological polar surface area (TPSA) is 76.1 Å². The molecule has 0 spiro atoms. The lowest BCUT2D eigenvalue weighted by Crippen LogP contribution is -2.48. The molecular weight excluding hydrogens is 293 g/mol. The van der Waals surface area contributed by atoms with Gasteiger partial charge in [-0.3, -0.25) is 4.79 Å². The summed E-state index contributed by atoms with van der Waals surface area (Å²) in [6.07, 6.45) is 1.80. The second kappa shape index (κ2) is 6.64. The van der Waals surface area contributed by atoms with E-state index in [0.29, 0.717) is 19.4 Å². The number of benzene rings is 1. The van der Waals surface area contributed by atoms with Crippen LogP contribution in [0.3, 0.4) is 0 Å². The molecule has 0 bridgehead atoms. The molecule has 1 unspecified atom stereocenters. The van der Waals surface area contributed by atoms with Crippen LogP contribution in [0.1, 0.15) is 29.6 Å². The Kier molecular flexibility index (Phi) is 4.85. The SMILES string of the molecule is COc1cc(F)c(C(=O)N2CCCCC2C(=O)O)cc1OC. The molecule has 0 aliphatic carbocycles. The van der Waals surface area contributed by atoms with Crippen LogP contribution in [0.15, 0.2) is 12.1 Å². The van der Waals surface area contributed by atoms with Gasteiger partial charge in [-0.05, 0) is 25.3 Å². The van der Waals surface area contributed by atoms with Crippen LogP contribution in [0.5, 0.6) is 11.5 Å². The van der Waals surface area contributed by atoms with E-state index < -0.39 is 23.7 Å². The van der Waals surface area contributed by atoms with Crippen molar-refractivity contribution in [3.63, 3.8) is 0 Å². The number of halogens is 1. The zero-order valence-corrected chi connectivity index (χ0v) is 12.5. The monoisotopic (exact) mass is 311 g/mol. The summed E-state index contributed by atoms with van der Waals surface area (Å²) >= 11 is 0. The standard InChI is InChI=1S/C15H18FNO5/c1-21-12-7-9(10(16)8-13(12)22-2)14(18)17-6-4-3-5-11(17)15(19)20/h7-8,11H,3-6H2,1-2H3,(H,19,20). The van der Waals surface area contributed by atoms with E-state index in [1.807, 2.05) is 0 Å². The molecule has 1 N–H and O–H groups in total. The Morgan fingerprint density at radius 2 is 1.86 bits per heavy atom. The molecule has 6 nitrogen and oxygen atoms in total. The third-order valence-electron chi connectivity index (χ3n) is 3.75. The van der Waals surface area contributed by atoms with Gasteiger partial charge >= 0.3 is 5.97 Å². The lowest BCUT2D eigenvalue weighted by molar-refractivity contribution is -0.143. The number of amides is 1. The molecule has 1 aliphatic rings. The van der Waals surface area contributed by atoms with Crippen molar-refractivity contribution in [3.8, 4) is 11.5 Å². The Morgan fingerprint density at radius 1 is 1.23 bits per heavy atom. The van der Waals surface area contributed by atoms with E-state index in [-0.39, 0.29) is 17.1 Å². The molecule has 7 heteroatoms. The molecule has 1 heterocycles. The van der Waals surface area contributed by atoms with Gasteiger partial charge in [0.1, 0.15) is 11.9 Å². The van der Waals surface area contributed by atoms with Crippen LogP contribution in [-0.4, -0.2) is 48.7 Å². The van der Waals surface area contributed by atoms with E-state index in [1.165, 1.54) is 25.2 Å². The smallest absolute Gasteiger partial charge is 0.326 e. The number of carbonyl (C=O) groups is 2. The van der Waals surface area contributed by atoms with Crippen LogP contribution in [0.25, 0.3) is 0 Å². The van der Waals surface area contributed by atoms with Crippen molar-refractivity contribution in [1.29, 1.82) is 0 Å². The number of aliphatic carboxylic acids is 1. The van der Waals surface area contributed by atoms with Gasteiger partial charge in [0.05, 0.1) is 19.8 Å². The van der Waals surface area contributed by atoms with Crippen molar-refractivity contribution in [2.45, 2.75) is 25.3 Å². The van der Waals surface area contributed by atoms with Crippen LogP contribution in [0, 0.1) is 5.82 Å². The highest BCUT2D eigenvalue weighted by atomic mass is 19.1. The van der Waals surface area contributed by atoms with E-state index in [9.17, 15) is 19.1 Å². The highest BCUT2D eigenvalue weighted by Crippen LogP contribution is 2.31. The van der Waals surface area contributed by atoms with Crippen molar-refractivity contribution in [1.82, 2.24) is 4.90 Å². The highest BCUT2D eigenvalue weighted by Gasteiger charge is 2.34. The average Bonchev–Trinajstić information content (AvgIpc) is 2.53. The molecule has 1 aromatic rings. The molecular formula is C15H18FNO5. The summed E-state index contributed by atoms with van der Waals surface area (Å²) in [5.74, 6) is -2.10. The van der Waals surface area contributed by atoms with Gasteiger partial charge in [-0.2, -0.15) is 0 Å². The molecule has 1 amide bonds. The number of likely N-dealkylation sites (tertiary alicyclic amines) is 1. The number of carboxylic acid groups (broad SMARTS) is 1. The quantitative estimate of drug-likeness (QED) is 0.919. The fourth-order valence-corrected chi connectivity index (χ4v) is 2.60. The van der Waals surface area contributed by atoms with E-state index in [0.717, 1.165) is 12.5 Å². The summed E-state index contributed by atoms with van der Waals surface area (Å²) in [6, 6.07) is 1.38. The zero-order valence-electron chi connectivity index (χ0n) is 12.5. The van der Waals surface area contributed by atoms with Crippen molar-refractivity contribution in [2.75, 3.05) is 20.8 Å². The molecule has 1 fully saturated rings. The van der Waals surface area contributed by atoms with E-state index in [4.69, 9.17) is 9.47 Å². The lowest BCUT2D eigenvalue weighted by atomic mass is 10.0. The summed E-state index contributed by atoms with van der Waals surface area (Å²) in [5.41, 5.74) is -0.217. The molecule has 120 valence electrons. The maximum absolute atomic E-state index is 14.2. The van der Waals surface area contributed by atoms with Crippen molar-refractivity contribution in [2.24, 2.45) is 0 Å². The minimum atomic E-state index is -1.08. The number of carboxylic acids is 1. The number of hydrogen-bond acceptors (Lipinski definition) is 4. The second-order valence-electron chi connectivity index (χ2n) is 5.04. The fraction of sp³-hybridized carbons (Fsp3) is 0.467. The molecule has 1 atom stereocenters. The van der Waals surface area contributed by atoms with Crippen molar-refractivity contribution >= 4 is 11.9 Å². The Bertz CT molecular complexity index is 590. The van der Waals surface area contributed by atoms with Gasteiger partial charge in [-0.15, -0.1) is 0 Å². The first-order valence-electron chi connectivity index (χ1n) is 6.95. The molecule has 2 rings (SSSR count). The maximum atomic E-state index is 14.2. The van der Waals surface area contributed by atoms with Gasteiger partial charge in [0.15, 0.2) is 11.5 Å².